The molecule has 0 bridgehead atoms. The molecule has 0 spiro atoms. The minimum absolute atomic E-state index is 0.0669. The van der Waals surface area contributed by atoms with E-state index in [-0.39, 0.29) is 5.78 Å². The van der Waals surface area contributed by atoms with Gasteiger partial charge in [0.15, 0.2) is 5.78 Å². The number of nitrogens with zero attached hydrogens (tertiary/aromatic N) is 1. The number of Topliss-reactive ketones (excluding diaryl/α,β-unsaturated/α-hetero) is 1. The summed E-state index contributed by atoms with van der Waals surface area (Å²) >= 11 is 3.46. The molecule has 2 rings (SSSR count). The summed E-state index contributed by atoms with van der Waals surface area (Å²) in [5, 5.41) is 10.1. The molecule has 1 aromatic rings. The molecule has 1 atom stereocenters. The number of halogens is 1. The Morgan fingerprint density at radius 1 is 1.37 bits per heavy atom. The topological polar surface area (TPSA) is 40.5 Å². The molecule has 104 valence electrons. The first-order chi connectivity index (χ1) is 8.89. The Balaban J connectivity index is 2.18. The lowest BCUT2D eigenvalue weighted by Crippen LogP contribution is -2.28. The van der Waals surface area contributed by atoms with Gasteiger partial charge in [0.05, 0.1) is 5.60 Å². The van der Waals surface area contributed by atoms with Gasteiger partial charge in [0.25, 0.3) is 0 Å². The van der Waals surface area contributed by atoms with E-state index in [4.69, 9.17) is 0 Å². The van der Waals surface area contributed by atoms with Gasteiger partial charge >= 0.3 is 0 Å². The van der Waals surface area contributed by atoms with Crippen molar-refractivity contribution in [1.29, 1.82) is 0 Å². The fourth-order valence-corrected chi connectivity index (χ4v) is 3.15. The molecule has 1 unspecified atom stereocenters. The van der Waals surface area contributed by atoms with E-state index in [1.54, 1.807) is 6.92 Å². The standard InChI is InChI=1S/C15H20BrNO2/c1-11(18)13-5-4-12(10-14(13)16)17-8-3-6-15(2,19)7-9-17/h4-5,10,19H,3,6-9H2,1-2H3. The third-order valence-electron chi connectivity index (χ3n) is 3.76. The van der Waals surface area contributed by atoms with Crippen LogP contribution in [0.1, 0.15) is 43.5 Å². The molecule has 1 N–H and O–H groups in total. The minimum atomic E-state index is -0.550. The lowest BCUT2D eigenvalue weighted by Gasteiger charge is -2.24. The van der Waals surface area contributed by atoms with Crippen molar-refractivity contribution < 1.29 is 9.90 Å². The second-order valence-electron chi connectivity index (χ2n) is 5.56. The number of hydrogen-bond donors (Lipinski definition) is 1. The molecule has 0 aromatic heterocycles. The van der Waals surface area contributed by atoms with E-state index < -0.39 is 5.60 Å². The van der Waals surface area contributed by atoms with Gasteiger partial charge in [-0.25, -0.2) is 0 Å². The van der Waals surface area contributed by atoms with Crippen LogP contribution in [-0.2, 0) is 0 Å². The summed E-state index contributed by atoms with van der Waals surface area (Å²) in [6, 6.07) is 5.85. The molecule has 0 saturated carbocycles. The summed E-state index contributed by atoms with van der Waals surface area (Å²) in [6.45, 7) is 5.27. The number of ketones is 1. The molecular weight excluding hydrogens is 306 g/mol. The molecule has 1 heterocycles. The van der Waals surface area contributed by atoms with Crippen molar-refractivity contribution in [2.45, 2.75) is 38.7 Å². The van der Waals surface area contributed by atoms with E-state index in [0.717, 1.165) is 42.5 Å². The second kappa shape index (κ2) is 5.63. The summed E-state index contributed by atoms with van der Waals surface area (Å²) in [5.41, 5.74) is 1.27. The highest BCUT2D eigenvalue weighted by atomic mass is 79.9. The predicted molar refractivity (Wildman–Crippen MR) is 80.8 cm³/mol. The van der Waals surface area contributed by atoms with Crippen LogP contribution < -0.4 is 4.90 Å². The Labute approximate surface area is 122 Å². The number of anilines is 1. The predicted octanol–water partition coefficient (Wildman–Crippen LogP) is 3.39. The number of carbonyl (C=O) groups excluding carboxylic acids is 1. The summed E-state index contributed by atoms with van der Waals surface area (Å²) in [7, 11) is 0. The maximum atomic E-state index is 11.4. The van der Waals surface area contributed by atoms with Gasteiger partial charge in [-0.1, -0.05) is 0 Å². The zero-order valence-corrected chi connectivity index (χ0v) is 13.0. The average molecular weight is 326 g/mol. The molecule has 19 heavy (non-hydrogen) atoms. The van der Waals surface area contributed by atoms with Crippen LogP contribution in [0.25, 0.3) is 0 Å². The van der Waals surface area contributed by atoms with E-state index in [1.807, 2.05) is 25.1 Å². The van der Waals surface area contributed by atoms with Crippen molar-refractivity contribution >= 4 is 27.4 Å². The maximum absolute atomic E-state index is 11.4. The van der Waals surface area contributed by atoms with E-state index in [2.05, 4.69) is 20.8 Å². The normalized spacial score (nSPS) is 24.1. The zero-order valence-electron chi connectivity index (χ0n) is 11.4. The molecule has 0 radical (unpaired) electrons. The smallest absolute Gasteiger partial charge is 0.160 e. The Kier molecular flexibility index (Phi) is 4.31. The van der Waals surface area contributed by atoms with Gasteiger partial charge in [0.1, 0.15) is 0 Å². The average Bonchev–Trinajstić information content (AvgIpc) is 2.49. The largest absolute Gasteiger partial charge is 0.390 e. The van der Waals surface area contributed by atoms with Crippen LogP contribution in [-0.4, -0.2) is 29.6 Å². The first kappa shape index (κ1) is 14.5. The lowest BCUT2D eigenvalue weighted by molar-refractivity contribution is 0.0481. The first-order valence-corrected chi connectivity index (χ1v) is 7.46. The van der Waals surface area contributed by atoms with E-state index in [9.17, 15) is 9.90 Å². The van der Waals surface area contributed by atoms with Crippen molar-refractivity contribution in [3.05, 3.63) is 28.2 Å². The van der Waals surface area contributed by atoms with E-state index in [1.165, 1.54) is 0 Å². The Bertz CT molecular complexity index is 485. The first-order valence-electron chi connectivity index (χ1n) is 6.67. The number of carbonyl (C=O) groups is 1. The van der Waals surface area contributed by atoms with Gasteiger partial charge in [-0.2, -0.15) is 0 Å². The van der Waals surface area contributed by atoms with Crippen LogP contribution in [0.5, 0.6) is 0 Å². The van der Waals surface area contributed by atoms with Gasteiger partial charge in [-0.05, 0) is 67.2 Å². The van der Waals surface area contributed by atoms with Crippen LogP contribution in [0, 0.1) is 0 Å². The molecule has 1 fully saturated rings. The third kappa shape index (κ3) is 3.57. The highest BCUT2D eigenvalue weighted by molar-refractivity contribution is 9.10. The van der Waals surface area contributed by atoms with Crippen molar-refractivity contribution in [3.63, 3.8) is 0 Å². The second-order valence-corrected chi connectivity index (χ2v) is 6.41. The highest BCUT2D eigenvalue weighted by Crippen LogP contribution is 2.28. The minimum Gasteiger partial charge on any atom is -0.390 e. The zero-order chi connectivity index (χ0) is 14.0. The van der Waals surface area contributed by atoms with Gasteiger partial charge in [0, 0.05) is 28.8 Å². The fourth-order valence-electron chi connectivity index (χ4n) is 2.51. The summed E-state index contributed by atoms with van der Waals surface area (Å²) in [6.07, 6.45) is 2.61. The number of aliphatic hydroxyl groups is 1. The van der Waals surface area contributed by atoms with Crippen LogP contribution in [0.15, 0.2) is 22.7 Å². The van der Waals surface area contributed by atoms with Crippen LogP contribution in [0.2, 0.25) is 0 Å². The summed E-state index contributed by atoms with van der Waals surface area (Å²) in [4.78, 5) is 13.7. The summed E-state index contributed by atoms with van der Waals surface area (Å²) in [5.74, 6) is 0.0669. The van der Waals surface area contributed by atoms with Crippen molar-refractivity contribution in [2.24, 2.45) is 0 Å². The highest BCUT2D eigenvalue weighted by Gasteiger charge is 2.25. The molecule has 0 aliphatic carbocycles. The fraction of sp³-hybridized carbons (Fsp3) is 0.533. The molecule has 1 aliphatic rings. The monoisotopic (exact) mass is 325 g/mol. The molecular formula is C15H20BrNO2. The van der Waals surface area contributed by atoms with Crippen LogP contribution in [0.3, 0.4) is 0 Å². The van der Waals surface area contributed by atoms with E-state index in [0.29, 0.717) is 5.56 Å². The Morgan fingerprint density at radius 3 is 2.74 bits per heavy atom. The molecule has 3 nitrogen and oxygen atoms in total. The lowest BCUT2D eigenvalue weighted by atomic mass is 9.98. The summed E-state index contributed by atoms with van der Waals surface area (Å²) < 4.78 is 0.841. The van der Waals surface area contributed by atoms with Crippen LogP contribution >= 0.6 is 15.9 Å². The molecule has 0 amide bonds. The van der Waals surface area contributed by atoms with E-state index >= 15 is 0 Å². The van der Waals surface area contributed by atoms with Gasteiger partial charge < -0.3 is 10.0 Å². The Hall–Kier alpha value is -0.870. The third-order valence-corrected chi connectivity index (χ3v) is 4.42. The molecule has 1 aliphatic heterocycles. The molecule has 1 saturated heterocycles. The number of hydrogen-bond acceptors (Lipinski definition) is 3. The maximum Gasteiger partial charge on any atom is 0.160 e. The van der Waals surface area contributed by atoms with Crippen LogP contribution in [0.4, 0.5) is 5.69 Å². The van der Waals surface area contributed by atoms with Gasteiger partial charge in [-0.3, -0.25) is 4.79 Å². The van der Waals surface area contributed by atoms with Gasteiger partial charge in [0.2, 0.25) is 0 Å². The van der Waals surface area contributed by atoms with Crippen molar-refractivity contribution in [2.75, 3.05) is 18.0 Å². The SMILES string of the molecule is CC(=O)c1ccc(N2CCCC(C)(O)CC2)cc1Br. The quantitative estimate of drug-likeness (QED) is 0.847. The van der Waals surface area contributed by atoms with Gasteiger partial charge in [-0.15, -0.1) is 0 Å². The van der Waals surface area contributed by atoms with Crippen molar-refractivity contribution in [3.8, 4) is 0 Å². The molecule has 4 heteroatoms. The van der Waals surface area contributed by atoms with Crippen molar-refractivity contribution in [1.82, 2.24) is 0 Å². The molecule has 1 aromatic carbocycles. The Morgan fingerprint density at radius 2 is 2.11 bits per heavy atom. The number of rotatable bonds is 2. The number of benzene rings is 1.